The Bertz CT molecular complexity index is 1240. The summed E-state index contributed by atoms with van der Waals surface area (Å²) in [6.07, 6.45) is 2.37. The number of nitrogens with zero attached hydrogens (tertiary/aromatic N) is 4. The molecule has 0 fully saturated rings. The Morgan fingerprint density at radius 3 is 2.74 bits per heavy atom. The molecule has 0 aliphatic heterocycles. The van der Waals surface area contributed by atoms with E-state index in [2.05, 4.69) is 15.1 Å². The summed E-state index contributed by atoms with van der Waals surface area (Å²) in [5.41, 5.74) is 6.22. The number of hydrogen-bond donors (Lipinski definition) is 4. The van der Waals surface area contributed by atoms with Gasteiger partial charge in [-0.2, -0.15) is 13.9 Å². The summed E-state index contributed by atoms with van der Waals surface area (Å²) in [5, 5.41) is 23.5. The monoisotopic (exact) mass is 473 g/mol. The summed E-state index contributed by atoms with van der Waals surface area (Å²) in [6.45, 7) is 1.50. The first-order chi connectivity index (χ1) is 16.2. The molecule has 12 heteroatoms. The van der Waals surface area contributed by atoms with E-state index in [1.54, 1.807) is 18.2 Å². The number of carbonyl (C=O) groups is 1. The minimum atomic E-state index is -3.57. The van der Waals surface area contributed by atoms with Crippen molar-refractivity contribution in [2.24, 2.45) is 0 Å². The van der Waals surface area contributed by atoms with Crippen LogP contribution in [0.2, 0.25) is 0 Å². The molecule has 1 aromatic carbocycles. The van der Waals surface area contributed by atoms with Crippen LogP contribution >= 0.6 is 0 Å². The Hall–Kier alpha value is -4.22. The molecule has 0 aliphatic carbocycles. The molecule has 2 heterocycles. The molecule has 3 aromatic rings. The van der Waals surface area contributed by atoms with Crippen LogP contribution < -0.4 is 11.1 Å². The van der Waals surface area contributed by atoms with E-state index in [4.69, 9.17) is 16.2 Å². The molecule has 0 bridgehead atoms. The molecule has 34 heavy (non-hydrogen) atoms. The maximum absolute atomic E-state index is 14.1. The van der Waals surface area contributed by atoms with Gasteiger partial charge in [0.15, 0.2) is 11.6 Å². The molecule has 9 nitrogen and oxygen atoms in total. The van der Waals surface area contributed by atoms with Crippen LogP contribution in [0.3, 0.4) is 0 Å². The lowest BCUT2D eigenvalue weighted by atomic mass is 10.2. The lowest BCUT2D eigenvalue weighted by Crippen LogP contribution is -2.34. The SMILES string of the molecule is CCCC(F)(F)C(=O)Nc1cnc(-c2cc(C(=N)/C=C\O)n(Cc3ccccc3F)n2)nc1N. The van der Waals surface area contributed by atoms with Gasteiger partial charge >= 0.3 is 5.92 Å². The van der Waals surface area contributed by atoms with E-state index in [1.807, 2.05) is 5.32 Å². The van der Waals surface area contributed by atoms with Crippen molar-refractivity contribution in [1.29, 1.82) is 5.41 Å². The standard InChI is InChI=1S/C22H22F3N7O2/c1-2-8-22(24,25)21(34)29-17-11-28-20(30-19(17)27)16-10-18(15(26)7-9-33)32(31-16)12-13-5-3-4-6-14(13)23/h3-7,9-11,26,33H,2,8,12H2,1H3,(H,29,34)(H2,27,28,30)/b9-7-,26-15?. The van der Waals surface area contributed by atoms with E-state index in [0.717, 1.165) is 12.3 Å². The van der Waals surface area contributed by atoms with Gasteiger partial charge in [0.05, 0.1) is 30.4 Å². The van der Waals surface area contributed by atoms with Crippen LogP contribution in [-0.2, 0) is 11.3 Å². The zero-order chi connectivity index (χ0) is 24.9. The number of alkyl halides is 2. The van der Waals surface area contributed by atoms with Crippen molar-refractivity contribution in [3.8, 4) is 11.5 Å². The van der Waals surface area contributed by atoms with Crippen LogP contribution in [0, 0.1) is 11.2 Å². The quantitative estimate of drug-likeness (QED) is 0.274. The number of amides is 1. The van der Waals surface area contributed by atoms with E-state index >= 15 is 0 Å². The number of allylic oxidation sites excluding steroid dienone is 1. The molecule has 2 aromatic heterocycles. The zero-order valence-corrected chi connectivity index (χ0v) is 18.1. The van der Waals surface area contributed by atoms with Crippen LogP contribution in [0.1, 0.15) is 31.0 Å². The van der Waals surface area contributed by atoms with E-state index in [1.165, 1.54) is 23.7 Å². The Labute approximate surface area is 192 Å². The first kappa shape index (κ1) is 24.4. The highest BCUT2D eigenvalue weighted by molar-refractivity contribution is 6.05. The molecule has 0 radical (unpaired) electrons. The normalized spacial score (nSPS) is 11.6. The third kappa shape index (κ3) is 5.39. The highest BCUT2D eigenvalue weighted by Gasteiger charge is 2.37. The van der Waals surface area contributed by atoms with Crippen molar-refractivity contribution in [3.63, 3.8) is 0 Å². The number of aliphatic hydroxyl groups is 1. The number of carbonyl (C=O) groups excluding carboxylic acids is 1. The van der Waals surface area contributed by atoms with Crippen LogP contribution in [0.4, 0.5) is 24.7 Å². The van der Waals surface area contributed by atoms with Gasteiger partial charge in [-0.05, 0) is 24.6 Å². The zero-order valence-electron chi connectivity index (χ0n) is 18.1. The van der Waals surface area contributed by atoms with Gasteiger partial charge in [-0.15, -0.1) is 0 Å². The Morgan fingerprint density at radius 2 is 2.09 bits per heavy atom. The van der Waals surface area contributed by atoms with E-state index < -0.39 is 24.1 Å². The third-order valence-electron chi connectivity index (χ3n) is 4.77. The molecule has 5 N–H and O–H groups in total. The maximum Gasteiger partial charge on any atom is 0.324 e. The summed E-state index contributed by atoms with van der Waals surface area (Å²) >= 11 is 0. The number of aromatic nitrogens is 4. The second kappa shape index (κ2) is 10.1. The maximum atomic E-state index is 14.1. The molecule has 3 rings (SSSR count). The lowest BCUT2D eigenvalue weighted by molar-refractivity contribution is -0.140. The summed E-state index contributed by atoms with van der Waals surface area (Å²) < 4.78 is 43.1. The molecule has 0 unspecified atom stereocenters. The molecular formula is C22H22F3N7O2. The summed E-state index contributed by atoms with van der Waals surface area (Å²) in [7, 11) is 0. The molecular weight excluding hydrogens is 451 g/mol. The van der Waals surface area contributed by atoms with Gasteiger partial charge < -0.3 is 16.2 Å². The number of halogens is 3. The molecule has 178 valence electrons. The molecule has 0 atom stereocenters. The molecule has 1 amide bonds. The van der Waals surface area contributed by atoms with Crippen molar-refractivity contribution in [2.75, 3.05) is 11.1 Å². The average Bonchev–Trinajstić information content (AvgIpc) is 3.21. The lowest BCUT2D eigenvalue weighted by Gasteiger charge is -2.15. The molecule has 0 spiro atoms. The van der Waals surface area contributed by atoms with Crippen LogP contribution in [0.5, 0.6) is 0 Å². The second-order valence-electron chi connectivity index (χ2n) is 7.29. The number of aliphatic hydroxyl groups excluding tert-OH is 1. The fourth-order valence-electron chi connectivity index (χ4n) is 3.07. The number of rotatable bonds is 9. The number of anilines is 2. The number of nitrogen functional groups attached to an aromatic ring is 1. The number of hydrogen-bond acceptors (Lipinski definition) is 7. The smallest absolute Gasteiger partial charge is 0.324 e. The second-order valence-corrected chi connectivity index (χ2v) is 7.29. The Kier molecular flexibility index (Phi) is 7.29. The summed E-state index contributed by atoms with van der Waals surface area (Å²) in [4.78, 5) is 19.9. The molecule has 0 aliphatic rings. The Balaban J connectivity index is 1.93. The topological polar surface area (TPSA) is 143 Å². The van der Waals surface area contributed by atoms with Crippen LogP contribution in [-0.4, -0.2) is 42.4 Å². The fraction of sp³-hybridized carbons (Fsp3) is 0.227. The third-order valence-corrected chi connectivity index (χ3v) is 4.77. The van der Waals surface area contributed by atoms with Gasteiger partial charge in [-0.1, -0.05) is 25.1 Å². The fourth-order valence-corrected chi connectivity index (χ4v) is 3.07. The van der Waals surface area contributed by atoms with Crippen molar-refractivity contribution in [1.82, 2.24) is 19.7 Å². The summed E-state index contributed by atoms with van der Waals surface area (Å²) in [6, 6.07) is 7.49. The number of nitrogens with one attached hydrogen (secondary N) is 2. The predicted octanol–water partition coefficient (Wildman–Crippen LogP) is 3.92. The van der Waals surface area contributed by atoms with Crippen molar-refractivity contribution < 1.29 is 23.1 Å². The van der Waals surface area contributed by atoms with Gasteiger partial charge in [0.25, 0.3) is 5.91 Å². The Morgan fingerprint density at radius 1 is 1.35 bits per heavy atom. The molecule has 0 saturated carbocycles. The first-order valence-electron chi connectivity index (χ1n) is 10.2. The van der Waals surface area contributed by atoms with Gasteiger partial charge in [-0.3, -0.25) is 14.9 Å². The van der Waals surface area contributed by atoms with E-state index in [-0.39, 0.29) is 47.4 Å². The highest BCUT2D eigenvalue weighted by atomic mass is 19.3. The van der Waals surface area contributed by atoms with Crippen molar-refractivity contribution >= 4 is 23.1 Å². The van der Waals surface area contributed by atoms with Crippen LogP contribution in [0.25, 0.3) is 11.5 Å². The minimum Gasteiger partial charge on any atom is -0.516 e. The van der Waals surface area contributed by atoms with Gasteiger partial charge in [-0.25, -0.2) is 14.4 Å². The van der Waals surface area contributed by atoms with Gasteiger partial charge in [0.2, 0.25) is 0 Å². The summed E-state index contributed by atoms with van der Waals surface area (Å²) in [5.74, 6) is -5.82. The van der Waals surface area contributed by atoms with Crippen molar-refractivity contribution in [2.45, 2.75) is 32.2 Å². The predicted molar refractivity (Wildman–Crippen MR) is 120 cm³/mol. The first-order valence-corrected chi connectivity index (χ1v) is 10.2. The average molecular weight is 473 g/mol. The minimum absolute atomic E-state index is 0.00914. The molecule has 0 saturated heterocycles. The van der Waals surface area contributed by atoms with Crippen LogP contribution in [0.15, 0.2) is 48.9 Å². The number of nitrogens with two attached hydrogens (primary N) is 1. The number of benzene rings is 1. The van der Waals surface area contributed by atoms with Crippen molar-refractivity contribution in [3.05, 3.63) is 65.9 Å². The van der Waals surface area contributed by atoms with Gasteiger partial charge in [0.1, 0.15) is 17.2 Å². The largest absolute Gasteiger partial charge is 0.516 e. The van der Waals surface area contributed by atoms with E-state index in [0.29, 0.717) is 11.8 Å². The van der Waals surface area contributed by atoms with E-state index in [9.17, 15) is 18.0 Å². The highest BCUT2D eigenvalue weighted by Crippen LogP contribution is 2.26. The van der Waals surface area contributed by atoms with Gasteiger partial charge in [0, 0.05) is 12.0 Å².